The fraction of sp³-hybridized carbons (Fsp3) is 0.500. The number of nitrogens with one attached hydrogen (secondary N) is 1. The van der Waals surface area contributed by atoms with Crippen molar-refractivity contribution in [2.24, 2.45) is 11.8 Å². The van der Waals surface area contributed by atoms with Crippen molar-refractivity contribution in [2.75, 3.05) is 6.54 Å². The predicted molar refractivity (Wildman–Crippen MR) is 78.3 cm³/mol. The van der Waals surface area contributed by atoms with Crippen LogP contribution in [0.25, 0.3) is 0 Å². The molecule has 1 aromatic heterocycles. The smallest absolute Gasteiger partial charge is 0.240 e. The van der Waals surface area contributed by atoms with E-state index in [0.717, 1.165) is 36.3 Å². The topological polar surface area (TPSA) is 79.4 Å². The number of pyridine rings is 1. The summed E-state index contributed by atoms with van der Waals surface area (Å²) >= 11 is 0. The zero-order valence-corrected chi connectivity index (χ0v) is 12.3. The van der Waals surface area contributed by atoms with Gasteiger partial charge >= 0.3 is 0 Å². The van der Waals surface area contributed by atoms with E-state index in [1.165, 1.54) is 0 Å². The molecule has 116 valence electrons. The summed E-state index contributed by atoms with van der Waals surface area (Å²) in [4.78, 5) is 41.8. The van der Waals surface area contributed by atoms with Crippen LogP contribution in [0.1, 0.15) is 31.4 Å². The number of fused-ring (bicyclic) bond motifs is 1. The fourth-order valence-corrected chi connectivity index (χ4v) is 3.28. The Morgan fingerprint density at radius 2 is 1.86 bits per heavy atom. The van der Waals surface area contributed by atoms with Crippen LogP contribution in [0, 0.1) is 11.8 Å². The van der Waals surface area contributed by atoms with Crippen LogP contribution in [0.2, 0.25) is 0 Å². The Morgan fingerprint density at radius 1 is 1.18 bits per heavy atom. The Bertz CT molecular complexity index is 564. The molecule has 2 atom stereocenters. The van der Waals surface area contributed by atoms with Gasteiger partial charge in [0.15, 0.2) is 0 Å². The Balaban J connectivity index is 1.57. The molecule has 2 aliphatic rings. The molecular formula is C16H19N3O3. The average molecular weight is 301 g/mol. The lowest BCUT2D eigenvalue weighted by atomic mass is 9.81. The molecule has 6 nitrogen and oxygen atoms in total. The van der Waals surface area contributed by atoms with E-state index < -0.39 is 0 Å². The lowest BCUT2D eigenvalue weighted by molar-refractivity contribution is -0.143. The molecule has 0 aromatic carbocycles. The summed E-state index contributed by atoms with van der Waals surface area (Å²) in [6.07, 6.45) is 5.15. The summed E-state index contributed by atoms with van der Waals surface area (Å²) in [5.74, 6) is -1.09. The molecule has 1 aliphatic heterocycles. The summed E-state index contributed by atoms with van der Waals surface area (Å²) in [5, 5.41) is 2.70. The van der Waals surface area contributed by atoms with Gasteiger partial charge in [0.1, 0.15) is 6.54 Å². The molecular weight excluding hydrogens is 282 g/mol. The van der Waals surface area contributed by atoms with Crippen LogP contribution in [-0.4, -0.2) is 34.2 Å². The van der Waals surface area contributed by atoms with Crippen molar-refractivity contribution in [3.8, 4) is 0 Å². The van der Waals surface area contributed by atoms with E-state index in [0.29, 0.717) is 6.54 Å². The van der Waals surface area contributed by atoms with Gasteiger partial charge in [0.05, 0.1) is 24.1 Å². The molecule has 1 saturated carbocycles. The Morgan fingerprint density at radius 3 is 2.45 bits per heavy atom. The molecule has 0 unspecified atom stereocenters. The van der Waals surface area contributed by atoms with Crippen molar-refractivity contribution in [1.82, 2.24) is 15.2 Å². The van der Waals surface area contributed by atoms with Crippen LogP contribution in [0.15, 0.2) is 24.4 Å². The summed E-state index contributed by atoms with van der Waals surface area (Å²) in [6, 6.07) is 5.45. The lowest BCUT2D eigenvalue weighted by Gasteiger charge is -2.19. The van der Waals surface area contributed by atoms with Crippen LogP contribution >= 0.6 is 0 Å². The minimum Gasteiger partial charge on any atom is -0.349 e. The normalized spacial score (nSPS) is 24.3. The van der Waals surface area contributed by atoms with E-state index in [1.54, 1.807) is 18.3 Å². The molecule has 3 rings (SSSR count). The number of carbonyl (C=O) groups excluding carboxylic acids is 3. The number of hydrogen-bond acceptors (Lipinski definition) is 4. The number of rotatable bonds is 4. The zero-order valence-electron chi connectivity index (χ0n) is 12.3. The summed E-state index contributed by atoms with van der Waals surface area (Å²) in [6.45, 7) is 0.111. The number of nitrogens with zero attached hydrogens (tertiary/aromatic N) is 2. The van der Waals surface area contributed by atoms with Crippen LogP contribution in [0.4, 0.5) is 0 Å². The van der Waals surface area contributed by atoms with Gasteiger partial charge in [-0.3, -0.25) is 24.3 Å². The largest absolute Gasteiger partial charge is 0.349 e. The van der Waals surface area contributed by atoms with Gasteiger partial charge in [0.25, 0.3) is 0 Å². The van der Waals surface area contributed by atoms with Gasteiger partial charge in [0.2, 0.25) is 17.7 Å². The first-order chi connectivity index (χ1) is 10.7. The summed E-state index contributed by atoms with van der Waals surface area (Å²) in [5.41, 5.74) is 0.739. The second-order valence-corrected chi connectivity index (χ2v) is 5.86. The molecule has 0 bridgehead atoms. The maximum Gasteiger partial charge on any atom is 0.240 e. The minimum absolute atomic E-state index is 0.178. The van der Waals surface area contributed by atoms with E-state index in [2.05, 4.69) is 10.3 Å². The van der Waals surface area contributed by atoms with E-state index in [9.17, 15) is 14.4 Å². The van der Waals surface area contributed by atoms with Crippen molar-refractivity contribution in [1.29, 1.82) is 0 Å². The van der Waals surface area contributed by atoms with Gasteiger partial charge in [0, 0.05) is 6.20 Å². The van der Waals surface area contributed by atoms with Crippen molar-refractivity contribution < 1.29 is 14.4 Å². The van der Waals surface area contributed by atoms with E-state index in [-0.39, 0.29) is 36.1 Å². The molecule has 0 spiro atoms. The quantitative estimate of drug-likeness (QED) is 0.837. The van der Waals surface area contributed by atoms with Crippen molar-refractivity contribution in [3.05, 3.63) is 30.1 Å². The number of amides is 3. The molecule has 1 saturated heterocycles. The van der Waals surface area contributed by atoms with Crippen LogP contribution in [0.5, 0.6) is 0 Å². The Hall–Kier alpha value is -2.24. The van der Waals surface area contributed by atoms with E-state index >= 15 is 0 Å². The molecule has 2 heterocycles. The summed E-state index contributed by atoms with van der Waals surface area (Å²) < 4.78 is 0. The van der Waals surface area contributed by atoms with Crippen LogP contribution < -0.4 is 5.32 Å². The summed E-state index contributed by atoms with van der Waals surface area (Å²) in [7, 11) is 0. The van der Waals surface area contributed by atoms with Gasteiger partial charge < -0.3 is 5.32 Å². The highest BCUT2D eigenvalue weighted by Crippen LogP contribution is 2.37. The maximum atomic E-state index is 12.3. The molecule has 22 heavy (non-hydrogen) atoms. The molecule has 2 fully saturated rings. The van der Waals surface area contributed by atoms with Gasteiger partial charge in [-0.05, 0) is 25.0 Å². The highest BCUT2D eigenvalue weighted by molar-refractivity contribution is 6.07. The zero-order chi connectivity index (χ0) is 15.5. The molecule has 1 aliphatic carbocycles. The van der Waals surface area contributed by atoms with Crippen molar-refractivity contribution in [3.63, 3.8) is 0 Å². The first-order valence-corrected chi connectivity index (χ1v) is 7.68. The standard InChI is InChI=1S/C16H19N3O3/c20-14(18-9-11-5-3-4-8-17-11)10-19-15(21)12-6-1-2-7-13(12)16(19)22/h3-5,8,12-13H,1-2,6-7,9-10H2,(H,18,20)/t12-,13-/m0/s1. The lowest BCUT2D eigenvalue weighted by Crippen LogP contribution is -2.40. The second-order valence-electron chi connectivity index (χ2n) is 5.86. The monoisotopic (exact) mass is 301 g/mol. The van der Waals surface area contributed by atoms with Gasteiger partial charge in [-0.2, -0.15) is 0 Å². The van der Waals surface area contributed by atoms with Gasteiger partial charge in [-0.15, -0.1) is 0 Å². The first-order valence-electron chi connectivity index (χ1n) is 7.68. The van der Waals surface area contributed by atoms with Gasteiger partial charge in [-0.1, -0.05) is 18.9 Å². The Kier molecular flexibility index (Phi) is 4.18. The highest BCUT2D eigenvalue weighted by Gasteiger charge is 2.48. The number of aromatic nitrogens is 1. The van der Waals surface area contributed by atoms with E-state index in [4.69, 9.17) is 0 Å². The third kappa shape index (κ3) is 2.86. The number of hydrogen-bond donors (Lipinski definition) is 1. The molecule has 1 aromatic rings. The Labute approximate surface area is 128 Å². The second kappa shape index (κ2) is 6.25. The van der Waals surface area contributed by atoms with Crippen LogP contribution in [0.3, 0.4) is 0 Å². The molecule has 3 amide bonds. The third-order valence-electron chi connectivity index (χ3n) is 4.43. The van der Waals surface area contributed by atoms with Gasteiger partial charge in [-0.25, -0.2) is 0 Å². The van der Waals surface area contributed by atoms with Crippen molar-refractivity contribution >= 4 is 17.7 Å². The van der Waals surface area contributed by atoms with Crippen molar-refractivity contribution in [2.45, 2.75) is 32.2 Å². The van der Waals surface area contributed by atoms with Crippen LogP contribution in [-0.2, 0) is 20.9 Å². The minimum atomic E-state index is -0.328. The predicted octanol–water partition coefficient (Wildman–Crippen LogP) is 0.873. The SMILES string of the molecule is O=C(CN1C(=O)[C@H]2CCCC[C@@H]2C1=O)NCc1ccccn1. The fourth-order valence-electron chi connectivity index (χ4n) is 3.28. The van der Waals surface area contributed by atoms with E-state index in [1.807, 2.05) is 6.07 Å². The average Bonchev–Trinajstić information content (AvgIpc) is 2.79. The third-order valence-corrected chi connectivity index (χ3v) is 4.43. The maximum absolute atomic E-state index is 12.3. The number of carbonyl (C=O) groups is 3. The molecule has 1 N–H and O–H groups in total. The number of likely N-dealkylation sites (tertiary alicyclic amines) is 1. The number of imide groups is 1. The first kappa shape index (κ1) is 14.7. The highest BCUT2D eigenvalue weighted by atomic mass is 16.2. The molecule has 0 radical (unpaired) electrons. The molecule has 6 heteroatoms.